The summed E-state index contributed by atoms with van der Waals surface area (Å²) in [5.41, 5.74) is 0.467. The molecule has 0 bridgehead atoms. The van der Waals surface area contributed by atoms with Crippen LogP contribution in [0.4, 0.5) is 5.69 Å². The van der Waals surface area contributed by atoms with Crippen molar-refractivity contribution in [3.63, 3.8) is 0 Å². The minimum Gasteiger partial charge on any atom is -0.492 e. The second-order valence-electron chi connectivity index (χ2n) is 6.62. The molecule has 2 aliphatic rings. The summed E-state index contributed by atoms with van der Waals surface area (Å²) in [4.78, 5) is 12.6. The Morgan fingerprint density at radius 1 is 1.29 bits per heavy atom. The lowest BCUT2D eigenvalue weighted by Crippen LogP contribution is -2.40. The number of morpholine rings is 1. The summed E-state index contributed by atoms with van der Waals surface area (Å²) < 4.78 is 38.4. The van der Waals surface area contributed by atoms with Crippen LogP contribution in [0.25, 0.3) is 0 Å². The number of benzene rings is 1. The van der Waals surface area contributed by atoms with E-state index in [2.05, 4.69) is 10.6 Å². The lowest BCUT2D eigenvalue weighted by atomic mass is 9.97. The first-order valence-electron chi connectivity index (χ1n) is 9.38. The highest BCUT2D eigenvalue weighted by molar-refractivity contribution is 7.89. The first kappa shape index (κ1) is 22.9. The molecular formula is C18H28ClN3O5S. The van der Waals surface area contributed by atoms with Crippen LogP contribution in [0.1, 0.15) is 19.8 Å². The zero-order valence-corrected chi connectivity index (χ0v) is 17.6. The van der Waals surface area contributed by atoms with Gasteiger partial charge in [-0.2, -0.15) is 4.31 Å². The molecule has 1 amide bonds. The number of halogens is 1. The quantitative estimate of drug-likeness (QED) is 0.705. The first-order chi connectivity index (χ1) is 13.0. The zero-order valence-electron chi connectivity index (χ0n) is 16.0. The minimum atomic E-state index is -3.73. The van der Waals surface area contributed by atoms with Crippen LogP contribution in [0.5, 0.6) is 5.75 Å². The molecule has 1 aromatic carbocycles. The van der Waals surface area contributed by atoms with Crippen molar-refractivity contribution in [3.05, 3.63) is 18.2 Å². The Kier molecular flexibility index (Phi) is 8.51. The van der Waals surface area contributed by atoms with Crippen LogP contribution in [0.2, 0.25) is 0 Å². The van der Waals surface area contributed by atoms with Gasteiger partial charge in [0.05, 0.1) is 19.8 Å². The molecule has 0 unspecified atom stereocenters. The molecule has 158 valence electrons. The number of hydrogen-bond acceptors (Lipinski definition) is 6. The number of amides is 1. The van der Waals surface area contributed by atoms with E-state index < -0.39 is 10.0 Å². The molecule has 3 rings (SSSR count). The normalized spacial score (nSPS) is 18.9. The average Bonchev–Trinajstić information content (AvgIpc) is 2.70. The molecule has 2 saturated heterocycles. The molecular weight excluding hydrogens is 406 g/mol. The monoisotopic (exact) mass is 433 g/mol. The van der Waals surface area contributed by atoms with E-state index in [1.165, 1.54) is 10.4 Å². The van der Waals surface area contributed by atoms with Crippen LogP contribution >= 0.6 is 12.4 Å². The van der Waals surface area contributed by atoms with E-state index in [-0.39, 0.29) is 29.1 Å². The summed E-state index contributed by atoms with van der Waals surface area (Å²) in [6.07, 6.45) is 1.56. The fourth-order valence-electron chi connectivity index (χ4n) is 3.32. The topological polar surface area (TPSA) is 97.0 Å². The summed E-state index contributed by atoms with van der Waals surface area (Å²) in [5, 5.41) is 6.10. The maximum absolute atomic E-state index is 13.1. The van der Waals surface area contributed by atoms with Crippen LogP contribution < -0.4 is 15.4 Å². The largest absolute Gasteiger partial charge is 0.492 e. The van der Waals surface area contributed by atoms with Crippen LogP contribution in [-0.4, -0.2) is 64.6 Å². The molecule has 2 aliphatic heterocycles. The van der Waals surface area contributed by atoms with E-state index in [9.17, 15) is 13.2 Å². The number of piperidine rings is 1. The Bertz CT molecular complexity index is 762. The number of anilines is 1. The van der Waals surface area contributed by atoms with Crippen molar-refractivity contribution in [2.75, 3.05) is 51.3 Å². The molecule has 2 fully saturated rings. The fourth-order valence-corrected chi connectivity index (χ4v) is 4.88. The van der Waals surface area contributed by atoms with Crippen molar-refractivity contribution in [1.82, 2.24) is 9.62 Å². The van der Waals surface area contributed by atoms with Gasteiger partial charge < -0.3 is 20.1 Å². The molecule has 2 heterocycles. The number of nitrogens with zero attached hydrogens (tertiary/aromatic N) is 1. The average molecular weight is 434 g/mol. The number of carbonyl (C=O) groups is 1. The highest BCUT2D eigenvalue weighted by Crippen LogP contribution is 2.31. The standard InChI is InChI=1S/C18H27N3O5S.ClH/c1-2-26-16-4-3-15(20-18(22)14-5-7-19-8-6-14)13-17(16)27(23,24)21-9-11-25-12-10-21;/h3-4,13-14,19H,2,5-12H2,1H3,(H,20,22);1H. The van der Waals surface area contributed by atoms with Gasteiger partial charge in [-0.25, -0.2) is 8.42 Å². The van der Waals surface area contributed by atoms with E-state index in [1.54, 1.807) is 19.1 Å². The number of nitrogens with one attached hydrogen (secondary N) is 2. The van der Waals surface area contributed by atoms with Gasteiger partial charge in [0.2, 0.25) is 15.9 Å². The Balaban J connectivity index is 0.00000280. The summed E-state index contributed by atoms with van der Waals surface area (Å²) >= 11 is 0. The van der Waals surface area contributed by atoms with E-state index in [1.807, 2.05) is 0 Å². The van der Waals surface area contributed by atoms with Gasteiger partial charge in [0.25, 0.3) is 0 Å². The second kappa shape index (κ2) is 10.4. The molecule has 8 nitrogen and oxygen atoms in total. The molecule has 1 aromatic rings. The van der Waals surface area contributed by atoms with E-state index >= 15 is 0 Å². The fraction of sp³-hybridized carbons (Fsp3) is 0.611. The Morgan fingerprint density at radius 2 is 1.96 bits per heavy atom. The number of carbonyl (C=O) groups excluding carboxylic acids is 1. The third-order valence-corrected chi connectivity index (χ3v) is 6.73. The zero-order chi connectivity index (χ0) is 19.3. The highest BCUT2D eigenvalue weighted by Gasteiger charge is 2.30. The second-order valence-corrected chi connectivity index (χ2v) is 8.53. The van der Waals surface area contributed by atoms with Gasteiger partial charge in [-0.15, -0.1) is 12.4 Å². The molecule has 2 N–H and O–H groups in total. The lowest BCUT2D eigenvalue weighted by Gasteiger charge is -2.27. The summed E-state index contributed by atoms with van der Waals surface area (Å²) in [6, 6.07) is 4.78. The van der Waals surface area contributed by atoms with E-state index in [0.717, 1.165) is 25.9 Å². The first-order valence-corrected chi connectivity index (χ1v) is 10.8. The van der Waals surface area contributed by atoms with Gasteiger partial charge in [-0.1, -0.05) is 0 Å². The number of ether oxygens (including phenoxy) is 2. The van der Waals surface area contributed by atoms with Crippen molar-refractivity contribution in [3.8, 4) is 5.75 Å². The van der Waals surface area contributed by atoms with Crippen molar-refractivity contribution in [2.24, 2.45) is 5.92 Å². The van der Waals surface area contributed by atoms with Crippen molar-refractivity contribution < 1.29 is 22.7 Å². The van der Waals surface area contributed by atoms with E-state index in [0.29, 0.717) is 44.3 Å². The lowest BCUT2D eigenvalue weighted by molar-refractivity contribution is -0.120. The van der Waals surface area contributed by atoms with Crippen molar-refractivity contribution >= 4 is 34.0 Å². The Hall–Kier alpha value is -1.39. The van der Waals surface area contributed by atoms with Gasteiger partial charge in [0.15, 0.2) is 0 Å². The predicted octanol–water partition coefficient (Wildman–Crippen LogP) is 1.47. The van der Waals surface area contributed by atoms with E-state index in [4.69, 9.17) is 9.47 Å². The molecule has 0 radical (unpaired) electrons. The van der Waals surface area contributed by atoms with Gasteiger partial charge in [0, 0.05) is 24.7 Å². The van der Waals surface area contributed by atoms with Crippen molar-refractivity contribution in [1.29, 1.82) is 0 Å². The minimum absolute atomic E-state index is 0. The molecule has 0 atom stereocenters. The molecule has 10 heteroatoms. The van der Waals surface area contributed by atoms with Crippen LogP contribution in [0.3, 0.4) is 0 Å². The van der Waals surface area contributed by atoms with Gasteiger partial charge in [-0.3, -0.25) is 4.79 Å². The summed E-state index contributed by atoms with van der Waals surface area (Å²) in [7, 11) is -3.73. The molecule has 0 saturated carbocycles. The molecule has 0 aliphatic carbocycles. The summed E-state index contributed by atoms with van der Waals surface area (Å²) in [5.74, 6) is 0.163. The highest BCUT2D eigenvalue weighted by atomic mass is 35.5. The smallest absolute Gasteiger partial charge is 0.246 e. The maximum atomic E-state index is 13.1. The van der Waals surface area contributed by atoms with Gasteiger partial charge in [0.1, 0.15) is 10.6 Å². The van der Waals surface area contributed by atoms with Gasteiger partial charge in [-0.05, 0) is 51.1 Å². The Morgan fingerprint density at radius 3 is 2.61 bits per heavy atom. The summed E-state index contributed by atoms with van der Waals surface area (Å²) in [6.45, 7) is 5.14. The molecule has 28 heavy (non-hydrogen) atoms. The number of sulfonamides is 1. The van der Waals surface area contributed by atoms with Crippen molar-refractivity contribution in [2.45, 2.75) is 24.7 Å². The molecule has 0 spiro atoms. The van der Waals surface area contributed by atoms with Gasteiger partial charge >= 0.3 is 0 Å². The van der Waals surface area contributed by atoms with Crippen LogP contribution in [0, 0.1) is 5.92 Å². The number of rotatable bonds is 6. The predicted molar refractivity (Wildman–Crippen MR) is 109 cm³/mol. The third kappa shape index (κ3) is 5.36. The SMILES string of the molecule is CCOc1ccc(NC(=O)C2CCNCC2)cc1S(=O)(=O)N1CCOCC1.Cl. The Labute approximate surface area is 172 Å². The van der Waals surface area contributed by atoms with Crippen LogP contribution in [-0.2, 0) is 19.6 Å². The maximum Gasteiger partial charge on any atom is 0.246 e. The van der Waals surface area contributed by atoms with Crippen LogP contribution in [0.15, 0.2) is 23.1 Å². The molecule has 0 aromatic heterocycles. The number of hydrogen-bond donors (Lipinski definition) is 2. The third-order valence-electron chi connectivity index (χ3n) is 4.81.